The number of ether oxygens (including phenoxy) is 1. The molecule has 0 aliphatic carbocycles. The van der Waals surface area contributed by atoms with Crippen LogP contribution >= 0.6 is 22.7 Å². The van der Waals surface area contributed by atoms with E-state index >= 15 is 0 Å². The smallest absolute Gasteiger partial charge is 0.185 e. The van der Waals surface area contributed by atoms with E-state index in [2.05, 4.69) is 34.6 Å². The fraction of sp³-hybridized carbons (Fsp3) is 0.571. The number of rotatable bonds is 9. The lowest BCUT2D eigenvalue weighted by Crippen LogP contribution is -2.18. The standard InChI is InChI=1S/C14H22N4OS2/c1-4-12-13(7-15-5-6-19-3)21-14(17-12)18(2)8-11-9-20-10-16-11/h9-10,15H,4-8H2,1-3H3. The van der Waals surface area contributed by atoms with Gasteiger partial charge in [-0.2, -0.15) is 0 Å². The zero-order chi connectivity index (χ0) is 15.1. The van der Waals surface area contributed by atoms with Crippen LogP contribution in [0.2, 0.25) is 0 Å². The highest BCUT2D eigenvalue weighted by atomic mass is 32.1. The van der Waals surface area contributed by atoms with Crippen molar-refractivity contribution in [2.75, 3.05) is 32.2 Å². The molecule has 7 heteroatoms. The molecule has 2 aromatic rings. The number of hydrogen-bond donors (Lipinski definition) is 1. The van der Waals surface area contributed by atoms with Gasteiger partial charge in [-0.3, -0.25) is 0 Å². The van der Waals surface area contributed by atoms with Crippen molar-refractivity contribution >= 4 is 27.8 Å². The second kappa shape index (κ2) is 8.43. The average molecular weight is 326 g/mol. The highest BCUT2D eigenvalue weighted by Crippen LogP contribution is 2.27. The maximum Gasteiger partial charge on any atom is 0.185 e. The normalized spacial score (nSPS) is 11.0. The first-order chi connectivity index (χ1) is 10.2. The minimum absolute atomic E-state index is 0.733. The molecule has 0 aliphatic heterocycles. The van der Waals surface area contributed by atoms with Crippen molar-refractivity contribution in [2.45, 2.75) is 26.4 Å². The SMILES string of the molecule is CCc1nc(N(C)Cc2cscn2)sc1CNCCOC. The Morgan fingerprint density at radius 3 is 2.95 bits per heavy atom. The predicted octanol–water partition coefficient (Wildman–Crippen LogP) is 2.53. The number of methoxy groups -OCH3 is 1. The molecule has 1 N–H and O–H groups in total. The Morgan fingerprint density at radius 1 is 1.43 bits per heavy atom. The molecule has 0 saturated heterocycles. The Kier molecular flexibility index (Phi) is 6.56. The van der Waals surface area contributed by atoms with Gasteiger partial charge in [0.25, 0.3) is 0 Å². The van der Waals surface area contributed by atoms with Gasteiger partial charge in [-0.05, 0) is 6.42 Å². The van der Waals surface area contributed by atoms with Gasteiger partial charge in [-0.15, -0.1) is 22.7 Å². The highest BCUT2D eigenvalue weighted by molar-refractivity contribution is 7.15. The van der Waals surface area contributed by atoms with Crippen LogP contribution in [0.15, 0.2) is 10.9 Å². The molecule has 0 aliphatic rings. The van der Waals surface area contributed by atoms with Gasteiger partial charge in [-0.1, -0.05) is 6.92 Å². The molecule has 0 atom stereocenters. The molecule has 0 saturated carbocycles. The summed E-state index contributed by atoms with van der Waals surface area (Å²) in [5.41, 5.74) is 4.15. The fourth-order valence-electron chi connectivity index (χ4n) is 1.95. The van der Waals surface area contributed by atoms with Crippen molar-refractivity contribution in [2.24, 2.45) is 0 Å². The van der Waals surface area contributed by atoms with E-state index in [-0.39, 0.29) is 0 Å². The van der Waals surface area contributed by atoms with Gasteiger partial charge in [0.05, 0.1) is 30.1 Å². The molecular formula is C14H22N4OS2. The zero-order valence-corrected chi connectivity index (χ0v) is 14.4. The first-order valence-electron chi connectivity index (χ1n) is 7.01. The molecule has 0 amide bonds. The van der Waals surface area contributed by atoms with Crippen LogP contribution in [-0.4, -0.2) is 37.3 Å². The Morgan fingerprint density at radius 2 is 2.29 bits per heavy atom. The zero-order valence-electron chi connectivity index (χ0n) is 12.8. The van der Waals surface area contributed by atoms with Crippen LogP contribution in [0.4, 0.5) is 5.13 Å². The topological polar surface area (TPSA) is 50.3 Å². The number of aromatic nitrogens is 2. The first-order valence-corrected chi connectivity index (χ1v) is 8.77. The van der Waals surface area contributed by atoms with Gasteiger partial charge < -0.3 is 15.0 Å². The lowest BCUT2D eigenvalue weighted by Gasteiger charge is -2.13. The Balaban J connectivity index is 1.98. The van der Waals surface area contributed by atoms with Crippen molar-refractivity contribution in [3.63, 3.8) is 0 Å². The fourth-order valence-corrected chi connectivity index (χ4v) is 3.58. The number of hydrogen-bond acceptors (Lipinski definition) is 7. The third kappa shape index (κ3) is 4.74. The summed E-state index contributed by atoms with van der Waals surface area (Å²) < 4.78 is 5.05. The molecule has 0 fully saturated rings. The number of anilines is 1. The van der Waals surface area contributed by atoms with Crippen molar-refractivity contribution in [3.8, 4) is 0 Å². The van der Waals surface area contributed by atoms with Crippen molar-refractivity contribution < 1.29 is 4.74 Å². The summed E-state index contributed by atoms with van der Waals surface area (Å²) in [6.07, 6.45) is 0.961. The predicted molar refractivity (Wildman–Crippen MR) is 89.3 cm³/mol. The van der Waals surface area contributed by atoms with E-state index in [0.717, 1.165) is 43.5 Å². The first kappa shape index (κ1) is 16.4. The minimum atomic E-state index is 0.733. The quantitative estimate of drug-likeness (QED) is 0.718. The van der Waals surface area contributed by atoms with E-state index in [1.165, 1.54) is 10.6 Å². The van der Waals surface area contributed by atoms with Gasteiger partial charge in [0, 0.05) is 37.5 Å². The molecule has 21 heavy (non-hydrogen) atoms. The molecule has 0 bridgehead atoms. The van der Waals surface area contributed by atoms with E-state index in [4.69, 9.17) is 9.72 Å². The summed E-state index contributed by atoms with van der Waals surface area (Å²) in [5, 5.41) is 6.53. The Hall–Kier alpha value is -1.02. The number of thiazole rings is 2. The summed E-state index contributed by atoms with van der Waals surface area (Å²) in [6.45, 7) is 5.40. The van der Waals surface area contributed by atoms with Crippen LogP contribution < -0.4 is 10.2 Å². The van der Waals surface area contributed by atoms with E-state index < -0.39 is 0 Å². The molecule has 5 nitrogen and oxygen atoms in total. The number of nitrogens with one attached hydrogen (secondary N) is 1. The van der Waals surface area contributed by atoms with Gasteiger partial charge in [0.2, 0.25) is 0 Å². The molecule has 2 rings (SSSR count). The van der Waals surface area contributed by atoms with Gasteiger partial charge >= 0.3 is 0 Å². The van der Waals surface area contributed by atoms with Crippen LogP contribution in [0, 0.1) is 0 Å². The number of nitrogens with zero attached hydrogens (tertiary/aromatic N) is 3. The van der Waals surface area contributed by atoms with E-state index in [0.29, 0.717) is 0 Å². The maximum absolute atomic E-state index is 5.05. The van der Waals surface area contributed by atoms with Crippen LogP contribution in [0.25, 0.3) is 0 Å². The monoisotopic (exact) mass is 326 g/mol. The average Bonchev–Trinajstić information content (AvgIpc) is 3.12. The lowest BCUT2D eigenvalue weighted by atomic mass is 10.3. The third-order valence-corrected chi connectivity index (χ3v) is 4.93. The molecule has 2 heterocycles. The summed E-state index contributed by atoms with van der Waals surface area (Å²) in [7, 11) is 3.79. The van der Waals surface area contributed by atoms with E-state index in [1.54, 1.807) is 29.8 Å². The maximum atomic E-state index is 5.05. The molecular weight excluding hydrogens is 304 g/mol. The summed E-state index contributed by atoms with van der Waals surface area (Å²) in [4.78, 5) is 12.6. The molecule has 0 radical (unpaired) electrons. The second-order valence-corrected chi connectivity index (χ2v) is 6.51. The van der Waals surface area contributed by atoms with E-state index in [9.17, 15) is 0 Å². The van der Waals surface area contributed by atoms with Crippen LogP contribution in [-0.2, 0) is 24.2 Å². The molecule has 0 spiro atoms. The summed E-state index contributed by atoms with van der Waals surface area (Å²) in [6, 6.07) is 0. The van der Waals surface area contributed by atoms with E-state index in [1.807, 2.05) is 5.51 Å². The van der Waals surface area contributed by atoms with Gasteiger partial charge in [0.1, 0.15) is 0 Å². The Labute approximate surface area is 134 Å². The van der Waals surface area contributed by atoms with Gasteiger partial charge in [0.15, 0.2) is 5.13 Å². The lowest BCUT2D eigenvalue weighted by molar-refractivity contribution is 0.199. The van der Waals surface area contributed by atoms with Crippen LogP contribution in [0.1, 0.15) is 23.2 Å². The molecule has 116 valence electrons. The molecule has 2 aromatic heterocycles. The van der Waals surface area contributed by atoms with Crippen molar-refractivity contribution in [1.82, 2.24) is 15.3 Å². The highest BCUT2D eigenvalue weighted by Gasteiger charge is 2.13. The van der Waals surface area contributed by atoms with Crippen molar-refractivity contribution in [3.05, 3.63) is 27.2 Å². The van der Waals surface area contributed by atoms with Crippen LogP contribution in [0.3, 0.4) is 0 Å². The summed E-state index contributed by atoms with van der Waals surface area (Å²) >= 11 is 3.39. The minimum Gasteiger partial charge on any atom is -0.383 e. The molecule has 0 unspecified atom stereocenters. The van der Waals surface area contributed by atoms with Crippen LogP contribution in [0.5, 0.6) is 0 Å². The number of aryl methyl sites for hydroxylation is 1. The third-order valence-electron chi connectivity index (χ3n) is 3.08. The largest absolute Gasteiger partial charge is 0.383 e. The van der Waals surface area contributed by atoms with Gasteiger partial charge in [-0.25, -0.2) is 9.97 Å². The molecule has 0 aromatic carbocycles. The summed E-state index contributed by atoms with van der Waals surface area (Å²) in [5.74, 6) is 0. The Bertz CT molecular complexity index is 527. The second-order valence-electron chi connectivity index (χ2n) is 4.73. The van der Waals surface area contributed by atoms with Crippen molar-refractivity contribution in [1.29, 1.82) is 0 Å².